The summed E-state index contributed by atoms with van der Waals surface area (Å²) in [5, 5.41) is 0. The molecule has 0 aromatic carbocycles. The second-order valence-corrected chi connectivity index (χ2v) is 3.86. The van der Waals surface area contributed by atoms with Crippen LogP contribution in [0.2, 0.25) is 0 Å². The molecule has 1 heterocycles. The SMILES string of the molecule is CCCCN1C(=O)C[C@@H](C)[C@@H]1C. The fraction of sp³-hybridized carbons (Fsp3) is 0.900. The van der Waals surface area contributed by atoms with Crippen LogP contribution < -0.4 is 0 Å². The monoisotopic (exact) mass is 169 g/mol. The van der Waals surface area contributed by atoms with E-state index >= 15 is 0 Å². The molecule has 1 rings (SSSR count). The van der Waals surface area contributed by atoms with E-state index in [2.05, 4.69) is 20.8 Å². The lowest BCUT2D eigenvalue weighted by Gasteiger charge is -2.22. The number of unbranched alkanes of at least 4 members (excludes halogenated alkanes) is 1. The zero-order valence-electron chi connectivity index (χ0n) is 8.34. The highest BCUT2D eigenvalue weighted by molar-refractivity contribution is 5.79. The molecule has 0 unspecified atom stereocenters. The molecule has 0 N–H and O–H groups in total. The molecule has 0 radical (unpaired) electrons. The summed E-state index contributed by atoms with van der Waals surface area (Å²) in [7, 11) is 0. The summed E-state index contributed by atoms with van der Waals surface area (Å²) in [6.45, 7) is 7.44. The van der Waals surface area contributed by atoms with E-state index < -0.39 is 0 Å². The van der Waals surface area contributed by atoms with E-state index in [1.807, 2.05) is 4.90 Å². The third-order valence-electron chi connectivity index (χ3n) is 2.88. The Kier molecular flexibility index (Phi) is 3.12. The van der Waals surface area contributed by atoms with Gasteiger partial charge in [-0.1, -0.05) is 20.3 Å². The van der Waals surface area contributed by atoms with Gasteiger partial charge in [0.25, 0.3) is 0 Å². The van der Waals surface area contributed by atoms with E-state index in [0.717, 1.165) is 19.4 Å². The van der Waals surface area contributed by atoms with E-state index in [1.54, 1.807) is 0 Å². The van der Waals surface area contributed by atoms with Crippen molar-refractivity contribution in [2.75, 3.05) is 6.54 Å². The summed E-state index contributed by atoms with van der Waals surface area (Å²) >= 11 is 0. The summed E-state index contributed by atoms with van der Waals surface area (Å²) in [5.74, 6) is 0.901. The molecule has 0 aliphatic carbocycles. The summed E-state index contributed by atoms with van der Waals surface area (Å²) in [4.78, 5) is 13.5. The molecule has 1 saturated heterocycles. The Balaban J connectivity index is 2.46. The number of likely N-dealkylation sites (tertiary alicyclic amines) is 1. The van der Waals surface area contributed by atoms with Crippen LogP contribution in [0, 0.1) is 5.92 Å². The first kappa shape index (κ1) is 9.56. The molecule has 2 heteroatoms. The fourth-order valence-electron chi connectivity index (χ4n) is 1.75. The van der Waals surface area contributed by atoms with Crippen LogP contribution in [0.1, 0.15) is 40.0 Å². The topological polar surface area (TPSA) is 20.3 Å². The van der Waals surface area contributed by atoms with E-state index in [0.29, 0.717) is 17.9 Å². The molecule has 1 aliphatic heterocycles. The van der Waals surface area contributed by atoms with Crippen molar-refractivity contribution in [3.05, 3.63) is 0 Å². The Morgan fingerprint density at radius 1 is 1.50 bits per heavy atom. The quantitative estimate of drug-likeness (QED) is 0.633. The van der Waals surface area contributed by atoms with Crippen molar-refractivity contribution in [3.8, 4) is 0 Å². The minimum atomic E-state index is 0.350. The van der Waals surface area contributed by atoms with Gasteiger partial charge in [-0.3, -0.25) is 4.79 Å². The van der Waals surface area contributed by atoms with Gasteiger partial charge in [-0.05, 0) is 19.3 Å². The number of nitrogens with zero attached hydrogens (tertiary/aromatic N) is 1. The van der Waals surface area contributed by atoms with Gasteiger partial charge in [0.05, 0.1) is 0 Å². The molecule has 70 valence electrons. The largest absolute Gasteiger partial charge is 0.340 e. The molecule has 1 fully saturated rings. The highest BCUT2D eigenvalue weighted by atomic mass is 16.2. The summed E-state index contributed by atoms with van der Waals surface area (Å²) < 4.78 is 0. The fourth-order valence-corrected chi connectivity index (χ4v) is 1.75. The number of hydrogen-bond donors (Lipinski definition) is 0. The molecule has 2 atom stereocenters. The van der Waals surface area contributed by atoms with Crippen LogP contribution in [0.4, 0.5) is 0 Å². The Hall–Kier alpha value is -0.530. The maximum Gasteiger partial charge on any atom is 0.223 e. The van der Waals surface area contributed by atoms with Crippen molar-refractivity contribution >= 4 is 5.91 Å². The Morgan fingerprint density at radius 3 is 2.58 bits per heavy atom. The first-order valence-electron chi connectivity index (χ1n) is 4.96. The predicted octanol–water partition coefficient (Wildman–Crippen LogP) is 2.04. The molecule has 0 bridgehead atoms. The molecular formula is C10H19NO. The average molecular weight is 169 g/mol. The number of amides is 1. The van der Waals surface area contributed by atoms with Crippen LogP contribution in [-0.2, 0) is 4.79 Å². The molecule has 1 amide bonds. The smallest absolute Gasteiger partial charge is 0.223 e. The van der Waals surface area contributed by atoms with Gasteiger partial charge in [0.1, 0.15) is 0 Å². The number of hydrogen-bond acceptors (Lipinski definition) is 1. The van der Waals surface area contributed by atoms with Gasteiger partial charge in [-0.2, -0.15) is 0 Å². The lowest BCUT2D eigenvalue weighted by molar-refractivity contribution is -0.128. The van der Waals surface area contributed by atoms with Crippen molar-refractivity contribution in [1.29, 1.82) is 0 Å². The van der Waals surface area contributed by atoms with Crippen LogP contribution in [0.3, 0.4) is 0 Å². The van der Waals surface area contributed by atoms with Crippen molar-refractivity contribution < 1.29 is 4.79 Å². The predicted molar refractivity (Wildman–Crippen MR) is 49.9 cm³/mol. The molecule has 0 aromatic rings. The standard InChI is InChI=1S/C10H19NO/c1-4-5-6-11-9(3)8(2)7-10(11)12/h8-9H,4-7H2,1-3H3/t8-,9+/m1/s1. The highest BCUT2D eigenvalue weighted by Gasteiger charge is 2.32. The van der Waals surface area contributed by atoms with Crippen molar-refractivity contribution in [1.82, 2.24) is 4.90 Å². The van der Waals surface area contributed by atoms with Gasteiger partial charge >= 0.3 is 0 Å². The molecule has 0 spiro atoms. The lowest BCUT2D eigenvalue weighted by Crippen LogP contribution is -2.33. The molecule has 1 aliphatic rings. The van der Waals surface area contributed by atoms with E-state index in [1.165, 1.54) is 6.42 Å². The minimum Gasteiger partial charge on any atom is -0.340 e. The van der Waals surface area contributed by atoms with Crippen LogP contribution in [0.15, 0.2) is 0 Å². The first-order valence-corrected chi connectivity index (χ1v) is 4.96. The minimum absolute atomic E-state index is 0.350. The van der Waals surface area contributed by atoms with Gasteiger partial charge < -0.3 is 4.90 Å². The third-order valence-corrected chi connectivity index (χ3v) is 2.88. The van der Waals surface area contributed by atoms with Gasteiger partial charge in [-0.25, -0.2) is 0 Å². The highest BCUT2D eigenvalue weighted by Crippen LogP contribution is 2.24. The van der Waals surface area contributed by atoms with E-state index in [9.17, 15) is 4.79 Å². The average Bonchev–Trinajstić information content (AvgIpc) is 2.25. The van der Waals surface area contributed by atoms with Crippen LogP contribution in [0.5, 0.6) is 0 Å². The normalized spacial score (nSPS) is 29.9. The summed E-state index contributed by atoms with van der Waals surface area (Å²) in [6, 6.07) is 0.462. The third kappa shape index (κ3) is 1.79. The zero-order valence-corrected chi connectivity index (χ0v) is 8.34. The Labute approximate surface area is 74.9 Å². The Bertz CT molecular complexity index is 167. The van der Waals surface area contributed by atoms with Gasteiger partial charge in [0.15, 0.2) is 0 Å². The van der Waals surface area contributed by atoms with Crippen LogP contribution >= 0.6 is 0 Å². The number of carbonyl (C=O) groups is 1. The van der Waals surface area contributed by atoms with Gasteiger partial charge in [0.2, 0.25) is 5.91 Å². The number of carbonyl (C=O) groups excluding carboxylic acids is 1. The van der Waals surface area contributed by atoms with E-state index in [-0.39, 0.29) is 0 Å². The molecular weight excluding hydrogens is 150 g/mol. The zero-order chi connectivity index (χ0) is 9.14. The molecule has 12 heavy (non-hydrogen) atoms. The van der Waals surface area contributed by atoms with Crippen LogP contribution in [-0.4, -0.2) is 23.4 Å². The first-order chi connectivity index (χ1) is 5.66. The molecule has 0 aromatic heterocycles. The van der Waals surface area contributed by atoms with E-state index in [4.69, 9.17) is 0 Å². The molecule has 0 saturated carbocycles. The van der Waals surface area contributed by atoms with Crippen molar-refractivity contribution in [2.45, 2.75) is 46.1 Å². The lowest BCUT2D eigenvalue weighted by atomic mass is 10.1. The second-order valence-electron chi connectivity index (χ2n) is 3.86. The van der Waals surface area contributed by atoms with Gasteiger partial charge in [-0.15, -0.1) is 0 Å². The van der Waals surface area contributed by atoms with Gasteiger partial charge in [0, 0.05) is 19.0 Å². The Morgan fingerprint density at radius 2 is 2.17 bits per heavy atom. The van der Waals surface area contributed by atoms with Crippen molar-refractivity contribution in [3.63, 3.8) is 0 Å². The molecule has 2 nitrogen and oxygen atoms in total. The van der Waals surface area contributed by atoms with Crippen molar-refractivity contribution in [2.24, 2.45) is 5.92 Å². The maximum atomic E-state index is 11.4. The maximum absolute atomic E-state index is 11.4. The summed E-state index contributed by atoms with van der Waals surface area (Å²) in [6.07, 6.45) is 3.07. The second kappa shape index (κ2) is 3.92. The van der Waals surface area contributed by atoms with Crippen LogP contribution in [0.25, 0.3) is 0 Å². The summed E-state index contributed by atoms with van der Waals surface area (Å²) in [5.41, 5.74) is 0. The number of rotatable bonds is 3.